The molecule has 152 valence electrons. The van der Waals surface area contributed by atoms with Crippen LogP contribution < -0.4 is 10.1 Å². The minimum Gasteiger partial charge on any atom is -0.474 e. The minimum atomic E-state index is -4.68. The number of anilines is 1. The van der Waals surface area contributed by atoms with Crippen LogP contribution >= 0.6 is 0 Å². The molecule has 0 unspecified atom stereocenters. The number of hydrogen-bond acceptors (Lipinski definition) is 5. The molecule has 0 radical (unpaired) electrons. The van der Waals surface area contributed by atoms with Gasteiger partial charge in [-0.05, 0) is 25.0 Å². The van der Waals surface area contributed by atoms with Crippen LogP contribution in [0.2, 0.25) is 0 Å². The van der Waals surface area contributed by atoms with Gasteiger partial charge in [0.15, 0.2) is 5.82 Å². The maximum absolute atomic E-state index is 13.8. The highest BCUT2D eigenvalue weighted by atomic mass is 19.4. The maximum Gasteiger partial charge on any atom is 0.417 e. The minimum absolute atomic E-state index is 0.0293. The van der Waals surface area contributed by atoms with E-state index in [1.165, 1.54) is 10.9 Å². The summed E-state index contributed by atoms with van der Waals surface area (Å²) in [5.41, 5.74) is -0.584. The van der Waals surface area contributed by atoms with Gasteiger partial charge in [-0.25, -0.2) is 14.4 Å². The van der Waals surface area contributed by atoms with Crippen molar-refractivity contribution in [3.63, 3.8) is 0 Å². The summed E-state index contributed by atoms with van der Waals surface area (Å²) in [4.78, 5) is 19.5. The van der Waals surface area contributed by atoms with Gasteiger partial charge in [-0.3, -0.25) is 9.48 Å². The van der Waals surface area contributed by atoms with Crippen molar-refractivity contribution >= 4 is 22.6 Å². The lowest BCUT2D eigenvalue weighted by molar-refractivity contribution is -0.138. The number of fused-ring (bicyclic) bond motifs is 1. The Labute approximate surface area is 161 Å². The van der Waals surface area contributed by atoms with E-state index in [0.29, 0.717) is 29.0 Å². The number of amides is 1. The van der Waals surface area contributed by atoms with E-state index >= 15 is 0 Å². The average molecular weight is 409 g/mol. The zero-order chi connectivity index (χ0) is 20.6. The Kier molecular flexibility index (Phi) is 4.81. The molecule has 0 aromatic carbocycles. The third-order valence-corrected chi connectivity index (χ3v) is 4.37. The second kappa shape index (κ2) is 7.30. The quantitative estimate of drug-likeness (QED) is 0.631. The number of hydrogen-bond donors (Lipinski definition) is 1. The van der Waals surface area contributed by atoms with Crippen molar-refractivity contribution < 1.29 is 27.1 Å². The van der Waals surface area contributed by atoms with Crippen LogP contribution in [0.15, 0.2) is 30.7 Å². The summed E-state index contributed by atoms with van der Waals surface area (Å²) in [6.07, 6.45) is 0.758. The smallest absolute Gasteiger partial charge is 0.417 e. The molecule has 1 N–H and O–H groups in total. The monoisotopic (exact) mass is 409 g/mol. The van der Waals surface area contributed by atoms with Gasteiger partial charge in [0.1, 0.15) is 12.4 Å². The van der Waals surface area contributed by atoms with Crippen molar-refractivity contribution in [3.05, 3.63) is 42.1 Å². The Balaban J connectivity index is 1.42. The van der Waals surface area contributed by atoms with Gasteiger partial charge < -0.3 is 10.1 Å². The van der Waals surface area contributed by atoms with Crippen molar-refractivity contribution in [1.82, 2.24) is 19.7 Å². The topological polar surface area (TPSA) is 81.9 Å². The molecule has 11 heteroatoms. The first-order valence-corrected chi connectivity index (χ1v) is 8.80. The van der Waals surface area contributed by atoms with E-state index in [4.69, 9.17) is 4.74 Å². The van der Waals surface area contributed by atoms with Crippen LogP contribution in [-0.2, 0) is 17.5 Å². The van der Waals surface area contributed by atoms with Crippen molar-refractivity contribution in [2.24, 2.45) is 5.92 Å². The number of nitrogens with zero attached hydrogens (tertiary/aromatic N) is 4. The van der Waals surface area contributed by atoms with E-state index in [1.807, 2.05) is 0 Å². The molecule has 1 fully saturated rings. The molecule has 3 aromatic heterocycles. The largest absolute Gasteiger partial charge is 0.474 e. The number of halogens is 4. The molecule has 1 amide bonds. The number of pyridine rings is 2. The summed E-state index contributed by atoms with van der Waals surface area (Å²) in [6, 6.07) is 2.02. The van der Waals surface area contributed by atoms with Gasteiger partial charge in [-0.2, -0.15) is 18.3 Å². The number of aromatic nitrogens is 4. The number of carbonyl (C=O) groups excluding carboxylic acids is 1. The highest BCUT2D eigenvalue weighted by molar-refractivity contribution is 6.00. The fraction of sp³-hybridized carbons (Fsp3) is 0.333. The SMILES string of the molecule is O=C(Nc1nccc2nn(CCOc3ncc(C(F)(F)F)cc3F)cc12)C1CC1. The number of rotatable bonds is 6. The zero-order valence-electron chi connectivity index (χ0n) is 14.9. The first kappa shape index (κ1) is 19.1. The van der Waals surface area contributed by atoms with Crippen LogP contribution in [0.4, 0.5) is 23.4 Å². The van der Waals surface area contributed by atoms with E-state index in [-0.39, 0.29) is 25.0 Å². The fourth-order valence-corrected chi connectivity index (χ4v) is 2.69. The molecule has 0 atom stereocenters. The van der Waals surface area contributed by atoms with Crippen LogP contribution in [0.1, 0.15) is 18.4 Å². The fourth-order valence-electron chi connectivity index (χ4n) is 2.69. The Bertz CT molecular complexity index is 1060. The summed E-state index contributed by atoms with van der Waals surface area (Å²) in [5.74, 6) is -1.36. The third-order valence-electron chi connectivity index (χ3n) is 4.37. The zero-order valence-corrected chi connectivity index (χ0v) is 14.9. The van der Waals surface area contributed by atoms with Gasteiger partial charge >= 0.3 is 6.18 Å². The summed E-state index contributed by atoms with van der Waals surface area (Å²) < 4.78 is 58.0. The summed E-state index contributed by atoms with van der Waals surface area (Å²) in [6.45, 7) is 0.118. The van der Waals surface area contributed by atoms with Gasteiger partial charge in [0.05, 0.1) is 23.0 Å². The van der Waals surface area contributed by atoms with Crippen LogP contribution in [-0.4, -0.2) is 32.3 Å². The molecule has 1 saturated carbocycles. The van der Waals surface area contributed by atoms with Crippen LogP contribution in [0, 0.1) is 11.7 Å². The molecular formula is C18H15F4N5O2. The summed E-state index contributed by atoms with van der Waals surface area (Å²) >= 11 is 0. The van der Waals surface area contributed by atoms with Gasteiger partial charge in [-0.1, -0.05) is 0 Å². The molecule has 0 spiro atoms. The van der Waals surface area contributed by atoms with Crippen LogP contribution in [0.5, 0.6) is 5.88 Å². The number of nitrogens with one attached hydrogen (secondary N) is 1. The van der Waals surface area contributed by atoms with Crippen LogP contribution in [0.25, 0.3) is 10.9 Å². The van der Waals surface area contributed by atoms with Gasteiger partial charge in [0, 0.05) is 24.5 Å². The highest BCUT2D eigenvalue weighted by Crippen LogP contribution is 2.31. The van der Waals surface area contributed by atoms with Crippen molar-refractivity contribution in [1.29, 1.82) is 0 Å². The van der Waals surface area contributed by atoms with E-state index in [2.05, 4.69) is 20.4 Å². The lowest BCUT2D eigenvalue weighted by atomic mass is 10.3. The molecule has 1 aliphatic carbocycles. The molecule has 0 saturated heterocycles. The second-order valence-corrected chi connectivity index (χ2v) is 6.61. The normalized spacial score (nSPS) is 14.2. The molecule has 4 rings (SSSR count). The first-order chi connectivity index (χ1) is 13.8. The Morgan fingerprint density at radius 1 is 1.31 bits per heavy atom. The molecule has 0 aliphatic heterocycles. The van der Waals surface area contributed by atoms with Crippen molar-refractivity contribution in [3.8, 4) is 5.88 Å². The molecule has 7 nitrogen and oxygen atoms in total. The standard InChI is InChI=1S/C18H15F4N5O2/c19-13-7-11(18(20,21)22)8-24-17(13)29-6-5-27-9-12-14(26-27)3-4-23-15(12)25-16(28)10-1-2-10/h3-4,7-10H,1-2,5-6H2,(H,23,25,28). The van der Waals surface area contributed by atoms with Crippen molar-refractivity contribution in [2.75, 3.05) is 11.9 Å². The number of ether oxygens (including phenoxy) is 1. The molecule has 3 heterocycles. The van der Waals surface area contributed by atoms with E-state index in [1.54, 1.807) is 12.3 Å². The third kappa shape index (κ3) is 4.28. The lowest BCUT2D eigenvalue weighted by Gasteiger charge is -2.09. The maximum atomic E-state index is 13.8. The van der Waals surface area contributed by atoms with Gasteiger partial charge in [0.2, 0.25) is 11.8 Å². The molecule has 0 bridgehead atoms. The van der Waals surface area contributed by atoms with E-state index in [9.17, 15) is 22.4 Å². The van der Waals surface area contributed by atoms with E-state index < -0.39 is 23.4 Å². The Morgan fingerprint density at radius 2 is 2.10 bits per heavy atom. The lowest BCUT2D eigenvalue weighted by Crippen LogP contribution is -2.14. The summed E-state index contributed by atoms with van der Waals surface area (Å²) in [7, 11) is 0. The van der Waals surface area contributed by atoms with E-state index in [0.717, 1.165) is 12.8 Å². The first-order valence-electron chi connectivity index (χ1n) is 8.80. The predicted molar refractivity (Wildman–Crippen MR) is 93.6 cm³/mol. The van der Waals surface area contributed by atoms with Gasteiger partial charge in [-0.15, -0.1) is 0 Å². The average Bonchev–Trinajstić information content (AvgIpc) is 3.42. The summed E-state index contributed by atoms with van der Waals surface area (Å²) in [5, 5.41) is 7.74. The Hall–Kier alpha value is -3.24. The Morgan fingerprint density at radius 3 is 2.79 bits per heavy atom. The highest BCUT2D eigenvalue weighted by Gasteiger charge is 2.32. The van der Waals surface area contributed by atoms with Gasteiger partial charge in [0.25, 0.3) is 0 Å². The number of carbonyl (C=O) groups is 1. The second-order valence-electron chi connectivity index (χ2n) is 6.61. The van der Waals surface area contributed by atoms with Crippen molar-refractivity contribution in [2.45, 2.75) is 25.6 Å². The van der Waals surface area contributed by atoms with Crippen LogP contribution in [0.3, 0.4) is 0 Å². The molecular weight excluding hydrogens is 394 g/mol. The predicted octanol–water partition coefficient (Wildman–Crippen LogP) is 3.41. The molecule has 3 aromatic rings. The molecule has 29 heavy (non-hydrogen) atoms. The molecule has 1 aliphatic rings. The number of alkyl halides is 3.